The Balaban J connectivity index is 0.916. The van der Waals surface area contributed by atoms with Gasteiger partial charge in [-0.05, 0) is 207 Å². The molecule has 1 spiro atoms. The van der Waals surface area contributed by atoms with E-state index in [9.17, 15) is 0 Å². The summed E-state index contributed by atoms with van der Waals surface area (Å²) in [5, 5.41) is 5.83. The van der Waals surface area contributed by atoms with Gasteiger partial charge in [0.1, 0.15) is 0 Å². The Hall–Kier alpha value is -8.56. The molecular formula is C79H65NSi. The fraction of sp³-hybridized carbons (Fsp3) is 0.165. The van der Waals surface area contributed by atoms with Gasteiger partial charge in [-0.25, -0.2) is 0 Å². The van der Waals surface area contributed by atoms with E-state index >= 15 is 0 Å². The van der Waals surface area contributed by atoms with Gasteiger partial charge in [0.05, 0.1) is 5.41 Å². The Morgan fingerprint density at radius 2 is 0.840 bits per heavy atom. The first kappa shape index (κ1) is 48.4. The predicted octanol–water partition coefficient (Wildman–Crippen LogP) is 17.4. The van der Waals surface area contributed by atoms with Crippen LogP contribution in [0.15, 0.2) is 249 Å². The van der Waals surface area contributed by atoms with Gasteiger partial charge >= 0.3 is 0 Å². The number of anilines is 3. The molecule has 0 aromatic heterocycles. The van der Waals surface area contributed by atoms with Crippen LogP contribution in [-0.4, -0.2) is 8.07 Å². The molecule has 390 valence electrons. The number of hydrogen-bond acceptors (Lipinski definition) is 1. The summed E-state index contributed by atoms with van der Waals surface area (Å²) in [6.45, 7) is 9.83. The summed E-state index contributed by atoms with van der Waals surface area (Å²) in [4.78, 5) is 2.66. The van der Waals surface area contributed by atoms with Crippen LogP contribution < -0.4 is 25.6 Å². The first-order valence-corrected chi connectivity index (χ1v) is 31.7. The third-order valence-corrected chi connectivity index (χ3v) is 24.9. The minimum Gasteiger partial charge on any atom is -0.310 e. The minimum absolute atomic E-state index is 0.0512. The molecule has 0 radical (unpaired) electrons. The average Bonchev–Trinajstić information content (AvgIpc) is 2.30. The van der Waals surface area contributed by atoms with Crippen molar-refractivity contribution in [3.8, 4) is 55.6 Å². The zero-order valence-corrected chi connectivity index (χ0v) is 47.9. The van der Waals surface area contributed by atoms with Crippen molar-refractivity contribution >= 4 is 45.9 Å². The van der Waals surface area contributed by atoms with Crippen LogP contribution in [0.25, 0.3) is 55.6 Å². The Morgan fingerprint density at radius 1 is 0.333 bits per heavy atom. The molecule has 5 aliphatic rings. The molecule has 11 aromatic carbocycles. The lowest BCUT2D eigenvalue weighted by Crippen LogP contribution is -2.72. The third kappa shape index (κ3) is 6.84. The second kappa shape index (κ2) is 18.0. The molecule has 0 unspecified atom stereocenters. The maximum atomic E-state index is 2.66. The van der Waals surface area contributed by atoms with E-state index in [0.717, 1.165) is 19.3 Å². The van der Waals surface area contributed by atoms with Crippen molar-refractivity contribution in [2.75, 3.05) is 4.90 Å². The van der Waals surface area contributed by atoms with Crippen LogP contribution in [0, 0.1) is 0 Å². The van der Waals surface area contributed by atoms with Gasteiger partial charge in [0.25, 0.3) is 0 Å². The molecule has 1 aliphatic heterocycles. The molecule has 2 heteroatoms. The first-order valence-electron chi connectivity index (χ1n) is 29.7. The zero-order valence-electron chi connectivity index (χ0n) is 46.9. The quantitative estimate of drug-likeness (QED) is 0.144. The van der Waals surface area contributed by atoms with Crippen molar-refractivity contribution in [2.24, 2.45) is 0 Å². The van der Waals surface area contributed by atoms with Gasteiger partial charge in [0, 0.05) is 17.1 Å². The van der Waals surface area contributed by atoms with E-state index in [1.54, 1.807) is 0 Å². The third-order valence-electron chi connectivity index (χ3n) is 20.0. The molecule has 0 bridgehead atoms. The van der Waals surface area contributed by atoms with Gasteiger partial charge in [0.2, 0.25) is 0 Å². The number of nitrogens with zero attached hydrogens (tertiary/aromatic N) is 1. The van der Waals surface area contributed by atoms with Crippen LogP contribution in [-0.2, 0) is 29.1 Å². The predicted molar refractivity (Wildman–Crippen MR) is 343 cm³/mol. The molecule has 0 N–H and O–H groups in total. The van der Waals surface area contributed by atoms with Crippen molar-refractivity contribution in [2.45, 2.75) is 82.5 Å². The second-order valence-corrected chi connectivity index (χ2v) is 28.8. The molecule has 1 nitrogen and oxygen atoms in total. The maximum Gasteiger partial charge on any atom is 0.180 e. The summed E-state index contributed by atoms with van der Waals surface area (Å²) >= 11 is 0. The molecule has 11 aromatic rings. The molecular weight excluding hydrogens is 991 g/mol. The summed E-state index contributed by atoms with van der Waals surface area (Å²) in [5.41, 5.74) is 28.2. The molecule has 0 saturated heterocycles. The van der Waals surface area contributed by atoms with Crippen LogP contribution in [0.4, 0.5) is 17.1 Å². The average molecular weight is 1060 g/mol. The number of rotatable bonds is 7. The Labute approximate surface area is 479 Å². The van der Waals surface area contributed by atoms with Crippen LogP contribution in [0.2, 0.25) is 0 Å². The smallest absolute Gasteiger partial charge is 0.180 e. The highest BCUT2D eigenvalue weighted by Crippen LogP contribution is 2.63. The van der Waals surface area contributed by atoms with E-state index in [0.29, 0.717) is 0 Å². The fourth-order valence-corrected chi connectivity index (χ4v) is 21.5. The molecule has 16 rings (SSSR count). The van der Waals surface area contributed by atoms with Gasteiger partial charge < -0.3 is 4.90 Å². The van der Waals surface area contributed by atoms with Gasteiger partial charge in [-0.3, -0.25) is 0 Å². The van der Waals surface area contributed by atoms with E-state index < -0.39 is 13.5 Å². The molecule has 0 fully saturated rings. The normalized spacial score (nSPS) is 16.5. The molecule has 4 aliphatic carbocycles. The SMILES string of the molecule is CC1(C)CCC(C)(C)c2c(-c3cccc(N(c4ccc5c(c4)C4(c6ccccc6-c6ccccc64)c4ccccc4-5)c4ccc(-c5ccc6c(c5)-c5ccccc5[Si]6(c5ccccc5)c5ccccc5)c5c4CCCC5)c3)cccc21. The lowest BCUT2D eigenvalue weighted by Gasteiger charge is -2.43. The number of hydrogen-bond donors (Lipinski definition) is 0. The Kier molecular flexibility index (Phi) is 10.7. The van der Waals surface area contributed by atoms with Crippen LogP contribution in [0.5, 0.6) is 0 Å². The van der Waals surface area contributed by atoms with Crippen molar-refractivity contribution in [3.05, 3.63) is 293 Å². The van der Waals surface area contributed by atoms with Crippen LogP contribution in [0.3, 0.4) is 0 Å². The van der Waals surface area contributed by atoms with E-state index in [1.807, 2.05) is 0 Å². The number of benzene rings is 11. The van der Waals surface area contributed by atoms with E-state index in [1.165, 1.54) is 157 Å². The van der Waals surface area contributed by atoms with Gasteiger partial charge in [-0.1, -0.05) is 240 Å². The fourth-order valence-electron chi connectivity index (χ4n) is 16.4. The summed E-state index contributed by atoms with van der Waals surface area (Å²) in [6, 6.07) is 96.5. The highest BCUT2D eigenvalue weighted by Gasteiger charge is 2.52. The van der Waals surface area contributed by atoms with Crippen molar-refractivity contribution in [1.82, 2.24) is 0 Å². The summed E-state index contributed by atoms with van der Waals surface area (Å²) in [5.74, 6) is 0. The topological polar surface area (TPSA) is 3.24 Å². The lowest BCUT2D eigenvalue weighted by molar-refractivity contribution is 0.333. The summed E-state index contributed by atoms with van der Waals surface area (Å²) in [7, 11) is -2.62. The minimum atomic E-state index is -2.62. The molecule has 1 heterocycles. The molecule has 0 amide bonds. The van der Waals surface area contributed by atoms with E-state index in [-0.39, 0.29) is 10.8 Å². The van der Waals surface area contributed by atoms with Crippen molar-refractivity contribution in [1.29, 1.82) is 0 Å². The lowest BCUT2D eigenvalue weighted by atomic mass is 9.61. The highest BCUT2D eigenvalue weighted by atomic mass is 28.3. The first-order chi connectivity index (χ1) is 39.7. The molecule has 0 saturated carbocycles. The Morgan fingerprint density at radius 3 is 1.52 bits per heavy atom. The van der Waals surface area contributed by atoms with Gasteiger partial charge in [-0.15, -0.1) is 0 Å². The van der Waals surface area contributed by atoms with Crippen LogP contribution >= 0.6 is 0 Å². The molecule has 0 atom stereocenters. The standard InChI is InChI=1S/C79H65NSi/c1-77(2)47-48-78(3,4)76-59(35-22-39-71(76)77)52-23-21-24-54(49-52)80(55-42-43-64-63-32-15-19-38-70(63)79(72(64)51-55)68-36-17-13-30-61(68)62-31-14-18-37-69(62)79)73-45-44-58(60-29-11-12-33-65(60)73)53-41-46-75-67(50-53)66-34-16-20-40-74(66)81(75,56-25-7-5-8-26-56)57-27-9-6-10-28-57/h5-10,13-28,30-32,34-46,49-51H,11-12,29,33,47-48H2,1-4H3. The van der Waals surface area contributed by atoms with Gasteiger partial charge in [0.15, 0.2) is 8.07 Å². The van der Waals surface area contributed by atoms with E-state index in [2.05, 4.69) is 281 Å². The van der Waals surface area contributed by atoms with Crippen molar-refractivity contribution < 1.29 is 0 Å². The number of fused-ring (bicyclic) bond motifs is 15. The highest BCUT2D eigenvalue weighted by molar-refractivity contribution is 7.22. The summed E-state index contributed by atoms with van der Waals surface area (Å²) in [6.07, 6.45) is 6.76. The Bertz CT molecular complexity index is 4270. The van der Waals surface area contributed by atoms with E-state index in [4.69, 9.17) is 0 Å². The van der Waals surface area contributed by atoms with Crippen LogP contribution in [0.1, 0.15) is 97.9 Å². The summed E-state index contributed by atoms with van der Waals surface area (Å²) < 4.78 is 0. The molecule has 81 heavy (non-hydrogen) atoms. The second-order valence-electron chi connectivity index (χ2n) is 25.1. The van der Waals surface area contributed by atoms with Crippen molar-refractivity contribution in [3.63, 3.8) is 0 Å². The maximum absolute atomic E-state index is 2.66. The monoisotopic (exact) mass is 1060 g/mol. The van der Waals surface area contributed by atoms with Gasteiger partial charge in [-0.2, -0.15) is 0 Å². The zero-order chi connectivity index (χ0) is 54.2. The largest absolute Gasteiger partial charge is 0.310 e.